The van der Waals surface area contributed by atoms with Gasteiger partial charge < -0.3 is 20.3 Å². The smallest absolute Gasteiger partial charge is 0.240 e. The highest BCUT2D eigenvalue weighted by molar-refractivity contribution is 7.99. The molecule has 0 aliphatic rings. The molecule has 0 atom stereocenters. The largest absolute Gasteiger partial charge is 0.390 e. The van der Waals surface area contributed by atoms with E-state index < -0.39 is 0 Å². The minimum Gasteiger partial charge on any atom is -0.390 e. The fraction of sp³-hybridized carbons (Fsp3) is 0.261. The number of thioether (sulfide) groups is 1. The van der Waals surface area contributed by atoms with Crippen LogP contribution in [-0.4, -0.2) is 32.2 Å². The first kappa shape index (κ1) is 23.5. The van der Waals surface area contributed by atoms with Crippen molar-refractivity contribution in [3.8, 4) is 0 Å². The maximum Gasteiger partial charge on any atom is 0.240 e. The number of benzene rings is 2. The van der Waals surface area contributed by atoms with E-state index in [9.17, 15) is 19.1 Å². The van der Waals surface area contributed by atoms with Crippen LogP contribution >= 0.6 is 11.8 Å². The summed E-state index contributed by atoms with van der Waals surface area (Å²) in [5.74, 6) is -0.713. The van der Waals surface area contributed by atoms with Crippen molar-refractivity contribution in [1.29, 1.82) is 0 Å². The fourth-order valence-electron chi connectivity index (χ4n) is 3.01. The average molecular weight is 457 g/mol. The molecule has 0 saturated heterocycles. The molecule has 0 radical (unpaired) electrons. The van der Waals surface area contributed by atoms with E-state index in [-0.39, 0.29) is 43.1 Å². The summed E-state index contributed by atoms with van der Waals surface area (Å²) in [5, 5.41) is 15.7. The summed E-state index contributed by atoms with van der Waals surface area (Å²) in [4.78, 5) is 29.1. The van der Waals surface area contributed by atoms with Gasteiger partial charge in [-0.3, -0.25) is 9.59 Å². The van der Waals surface area contributed by atoms with Crippen LogP contribution in [0, 0.1) is 19.7 Å². The van der Waals surface area contributed by atoms with E-state index in [1.807, 2.05) is 32.0 Å². The first-order valence-corrected chi connectivity index (χ1v) is 11.0. The second-order valence-electron chi connectivity index (χ2n) is 7.26. The van der Waals surface area contributed by atoms with Gasteiger partial charge in [-0.05, 0) is 48.7 Å². The number of carbonyl (C=O) groups is 2. The molecule has 0 aliphatic heterocycles. The van der Waals surface area contributed by atoms with Gasteiger partial charge in [-0.25, -0.2) is 9.37 Å². The Morgan fingerprint density at radius 3 is 2.59 bits per heavy atom. The van der Waals surface area contributed by atoms with Crippen LogP contribution in [0.2, 0.25) is 0 Å². The van der Waals surface area contributed by atoms with Crippen LogP contribution in [0.3, 0.4) is 0 Å². The number of nitrogens with zero attached hydrogens (tertiary/aromatic N) is 2. The van der Waals surface area contributed by atoms with Gasteiger partial charge in [0.2, 0.25) is 11.8 Å². The van der Waals surface area contributed by atoms with Crippen molar-refractivity contribution in [2.75, 3.05) is 11.1 Å². The molecule has 2 aromatic carbocycles. The molecule has 7 nitrogen and oxygen atoms in total. The minimum atomic E-state index is -0.339. The number of aliphatic hydroxyl groups is 1. The summed E-state index contributed by atoms with van der Waals surface area (Å²) >= 11 is 1.19. The third-order valence-electron chi connectivity index (χ3n) is 4.98. The van der Waals surface area contributed by atoms with E-state index >= 15 is 0 Å². The predicted molar refractivity (Wildman–Crippen MR) is 122 cm³/mol. The lowest BCUT2D eigenvalue weighted by Crippen LogP contribution is -2.28. The number of carbonyl (C=O) groups excluding carboxylic acids is 2. The van der Waals surface area contributed by atoms with Crippen molar-refractivity contribution < 1.29 is 19.1 Å². The molecule has 3 aromatic rings. The number of aromatic nitrogens is 2. The molecule has 168 valence electrons. The number of hydrogen-bond acceptors (Lipinski definition) is 5. The van der Waals surface area contributed by atoms with Gasteiger partial charge in [0, 0.05) is 12.2 Å². The molecule has 0 saturated carbocycles. The van der Waals surface area contributed by atoms with Crippen molar-refractivity contribution in [2.45, 2.75) is 38.7 Å². The molecule has 9 heteroatoms. The van der Waals surface area contributed by atoms with E-state index in [1.54, 1.807) is 16.7 Å². The Morgan fingerprint density at radius 2 is 1.88 bits per heavy atom. The second-order valence-corrected chi connectivity index (χ2v) is 8.21. The number of aliphatic hydroxyl groups excluding tert-OH is 1. The van der Waals surface area contributed by atoms with Crippen LogP contribution in [0.15, 0.2) is 53.8 Å². The van der Waals surface area contributed by atoms with Crippen molar-refractivity contribution in [3.63, 3.8) is 0 Å². The van der Waals surface area contributed by atoms with E-state index in [0.29, 0.717) is 10.9 Å². The van der Waals surface area contributed by atoms with Gasteiger partial charge >= 0.3 is 0 Å². The average Bonchev–Trinajstić information content (AvgIpc) is 3.16. The molecule has 0 fully saturated rings. The maximum absolute atomic E-state index is 13.0. The third kappa shape index (κ3) is 6.18. The van der Waals surface area contributed by atoms with Gasteiger partial charge in [0.25, 0.3) is 0 Å². The SMILES string of the molecule is Cc1cccc(NC(=O)CSc2ncc(CO)n2CC(=O)NCc2ccc(F)cc2)c1C. The Morgan fingerprint density at radius 1 is 1.12 bits per heavy atom. The number of aryl methyl sites for hydroxylation is 1. The lowest BCUT2D eigenvalue weighted by Gasteiger charge is -2.12. The normalized spacial score (nSPS) is 10.8. The van der Waals surface area contributed by atoms with Crippen LogP contribution in [0.4, 0.5) is 10.1 Å². The van der Waals surface area contributed by atoms with E-state index in [4.69, 9.17) is 0 Å². The first-order valence-electron chi connectivity index (χ1n) is 10.0. The fourth-order valence-corrected chi connectivity index (χ4v) is 3.81. The number of halogens is 1. The summed E-state index contributed by atoms with van der Waals surface area (Å²) in [5.41, 5.74) is 4.10. The zero-order valence-corrected chi connectivity index (χ0v) is 18.7. The quantitative estimate of drug-likeness (QED) is 0.430. The Hall–Kier alpha value is -3.17. The zero-order chi connectivity index (χ0) is 23.1. The molecule has 1 heterocycles. The second kappa shape index (κ2) is 10.9. The highest BCUT2D eigenvalue weighted by atomic mass is 32.2. The van der Waals surface area contributed by atoms with E-state index in [1.165, 1.54) is 30.1 Å². The van der Waals surface area contributed by atoms with Crippen LogP contribution in [0.1, 0.15) is 22.4 Å². The number of anilines is 1. The third-order valence-corrected chi connectivity index (χ3v) is 5.97. The van der Waals surface area contributed by atoms with Gasteiger partial charge in [-0.15, -0.1) is 0 Å². The molecule has 3 rings (SSSR count). The summed E-state index contributed by atoms with van der Waals surface area (Å²) in [6, 6.07) is 11.6. The molecule has 0 bridgehead atoms. The lowest BCUT2D eigenvalue weighted by atomic mass is 10.1. The molecular weight excluding hydrogens is 431 g/mol. The number of imidazole rings is 1. The summed E-state index contributed by atoms with van der Waals surface area (Å²) in [6.45, 7) is 3.84. The van der Waals surface area contributed by atoms with E-state index in [0.717, 1.165) is 22.4 Å². The number of hydrogen-bond donors (Lipinski definition) is 3. The molecule has 1 aromatic heterocycles. The molecule has 0 aliphatic carbocycles. The van der Waals surface area contributed by atoms with Gasteiger partial charge in [-0.1, -0.05) is 36.0 Å². The summed E-state index contributed by atoms with van der Waals surface area (Å²) < 4.78 is 14.6. The zero-order valence-electron chi connectivity index (χ0n) is 17.9. The minimum absolute atomic E-state index is 0.0575. The Kier molecular flexibility index (Phi) is 8.02. The molecule has 2 amide bonds. The predicted octanol–water partition coefficient (Wildman–Crippen LogP) is 3.18. The molecule has 0 spiro atoms. The van der Waals surface area contributed by atoms with E-state index in [2.05, 4.69) is 15.6 Å². The van der Waals surface area contributed by atoms with Gasteiger partial charge in [-0.2, -0.15) is 0 Å². The molecule has 3 N–H and O–H groups in total. The van der Waals surface area contributed by atoms with Crippen molar-refractivity contribution >= 4 is 29.3 Å². The van der Waals surface area contributed by atoms with Gasteiger partial charge in [0.05, 0.1) is 24.3 Å². The summed E-state index contributed by atoms with van der Waals surface area (Å²) in [6.07, 6.45) is 1.48. The van der Waals surface area contributed by atoms with Gasteiger partial charge in [0.1, 0.15) is 12.4 Å². The van der Waals surface area contributed by atoms with Crippen LogP contribution < -0.4 is 10.6 Å². The van der Waals surface area contributed by atoms with Crippen molar-refractivity contribution in [2.24, 2.45) is 0 Å². The Bertz CT molecular complexity index is 1100. The number of rotatable bonds is 9. The topological polar surface area (TPSA) is 96.2 Å². The van der Waals surface area contributed by atoms with Crippen molar-refractivity contribution in [1.82, 2.24) is 14.9 Å². The van der Waals surface area contributed by atoms with Crippen LogP contribution in [0.5, 0.6) is 0 Å². The molecular formula is C23H25FN4O3S. The Balaban J connectivity index is 1.58. The van der Waals surface area contributed by atoms with Crippen molar-refractivity contribution in [3.05, 3.63) is 76.9 Å². The first-order chi connectivity index (χ1) is 15.4. The number of nitrogens with one attached hydrogen (secondary N) is 2. The number of amides is 2. The standard InChI is InChI=1S/C23H25FN4O3S/c1-15-4-3-5-20(16(15)2)27-22(31)14-32-23-26-11-19(13-29)28(23)12-21(30)25-10-17-6-8-18(24)9-7-17/h3-9,11,29H,10,12-14H2,1-2H3,(H,25,30)(H,27,31). The monoisotopic (exact) mass is 456 g/mol. The van der Waals surface area contributed by atoms with Crippen LogP contribution in [-0.2, 0) is 29.3 Å². The summed E-state index contributed by atoms with van der Waals surface area (Å²) in [7, 11) is 0. The molecule has 0 unspecified atom stereocenters. The van der Waals surface area contributed by atoms with Gasteiger partial charge in [0.15, 0.2) is 5.16 Å². The lowest BCUT2D eigenvalue weighted by molar-refractivity contribution is -0.122. The molecule has 32 heavy (non-hydrogen) atoms. The highest BCUT2D eigenvalue weighted by Crippen LogP contribution is 2.21. The highest BCUT2D eigenvalue weighted by Gasteiger charge is 2.15. The Labute approximate surface area is 190 Å². The maximum atomic E-state index is 13.0. The van der Waals surface area contributed by atoms with Crippen LogP contribution in [0.25, 0.3) is 0 Å².